The molecular formula is C25H32N2O5. The number of fused-ring (bicyclic) bond motifs is 1. The van der Waals surface area contributed by atoms with Crippen LogP contribution in [-0.2, 0) is 14.9 Å². The van der Waals surface area contributed by atoms with Gasteiger partial charge in [-0.15, -0.1) is 0 Å². The average Bonchev–Trinajstić information content (AvgIpc) is 3.30. The van der Waals surface area contributed by atoms with Crippen molar-refractivity contribution in [3.8, 4) is 11.5 Å². The molecule has 0 aromatic heterocycles. The molecular weight excluding hydrogens is 408 g/mol. The minimum absolute atomic E-state index is 0.0987. The average molecular weight is 441 g/mol. The van der Waals surface area contributed by atoms with Crippen LogP contribution in [0.25, 0.3) is 0 Å². The third-order valence-electron chi connectivity index (χ3n) is 8.80. The molecule has 7 heteroatoms. The lowest BCUT2D eigenvalue weighted by Gasteiger charge is -2.59. The zero-order chi connectivity index (χ0) is 22.3. The molecule has 32 heavy (non-hydrogen) atoms. The molecule has 6 rings (SSSR count). The summed E-state index contributed by atoms with van der Waals surface area (Å²) in [6.07, 6.45) is 6.29. The van der Waals surface area contributed by atoms with Crippen LogP contribution in [0.2, 0.25) is 0 Å². The smallest absolute Gasteiger partial charge is 0.302 e. The number of nitrogens with zero attached hydrogens (tertiary/aromatic N) is 2. The van der Waals surface area contributed by atoms with E-state index in [-0.39, 0.29) is 29.5 Å². The van der Waals surface area contributed by atoms with Crippen molar-refractivity contribution in [2.45, 2.75) is 62.8 Å². The van der Waals surface area contributed by atoms with Crippen LogP contribution in [0.15, 0.2) is 24.3 Å². The summed E-state index contributed by atoms with van der Waals surface area (Å²) in [6, 6.07) is 4.88. The molecule has 6 unspecified atom stereocenters. The second-order valence-corrected chi connectivity index (χ2v) is 10.1. The fourth-order valence-electron chi connectivity index (χ4n) is 7.75. The first kappa shape index (κ1) is 20.4. The van der Waals surface area contributed by atoms with Gasteiger partial charge in [0.2, 0.25) is 0 Å². The number of aliphatic hydroxyl groups excluding tert-OH is 1. The Hall–Kier alpha value is -2.25. The van der Waals surface area contributed by atoms with Crippen LogP contribution in [0.3, 0.4) is 0 Å². The molecule has 7 nitrogen and oxygen atoms in total. The predicted octanol–water partition coefficient (Wildman–Crippen LogP) is 2.25. The third kappa shape index (κ3) is 2.36. The number of rotatable bonds is 4. The van der Waals surface area contributed by atoms with Gasteiger partial charge in [0, 0.05) is 36.4 Å². The van der Waals surface area contributed by atoms with E-state index in [1.807, 2.05) is 6.07 Å². The maximum absolute atomic E-state index is 11.7. The Morgan fingerprint density at radius 3 is 3.00 bits per heavy atom. The Kier molecular flexibility index (Phi) is 4.37. The first-order chi connectivity index (χ1) is 15.4. The number of benzene rings is 1. The molecule has 1 N–H and O–H groups in total. The van der Waals surface area contributed by atoms with Gasteiger partial charge in [-0.05, 0) is 44.4 Å². The molecule has 1 saturated heterocycles. The molecule has 0 radical (unpaired) electrons. The van der Waals surface area contributed by atoms with Crippen molar-refractivity contribution >= 4 is 11.7 Å². The highest BCUT2D eigenvalue weighted by Gasteiger charge is 2.71. The van der Waals surface area contributed by atoms with E-state index in [9.17, 15) is 9.90 Å². The van der Waals surface area contributed by atoms with E-state index in [1.54, 1.807) is 7.11 Å². The Bertz CT molecular complexity index is 995. The molecule has 1 spiro atoms. The highest BCUT2D eigenvalue weighted by atomic mass is 16.5. The Balaban J connectivity index is 1.53. The minimum atomic E-state index is -0.506. The number of hydrogen-bond donors (Lipinski definition) is 1. The summed E-state index contributed by atoms with van der Waals surface area (Å²) in [4.78, 5) is 16.6. The van der Waals surface area contributed by atoms with Crippen LogP contribution in [0.1, 0.15) is 38.7 Å². The highest BCUT2D eigenvalue weighted by Crippen LogP contribution is 2.67. The number of hydrogen-bond acceptors (Lipinski definition) is 7. The fraction of sp³-hybridized carbons (Fsp3) is 0.640. The molecule has 0 bridgehead atoms. The van der Waals surface area contributed by atoms with Crippen LogP contribution in [-0.4, -0.2) is 73.6 Å². The lowest BCUT2D eigenvalue weighted by molar-refractivity contribution is -0.144. The zero-order valence-electron chi connectivity index (χ0n) is 19.0. The van der Waals surface area contributed by atoms with E-state index in [4.69, 9.17) is 14.2 Å². The van der Waals surface area contributed by atoms with Crippen molar-refractivity contribution in [1.29, 1.82) is 0 Å². The number of anilines is 1. The summed E-state index contributed by atoms with van der Waals surface area (Å²) in [6.45, 7) is 6.49. The number of ether oxygens (including phenoxy) is 3. The van der Waals surface area contributed by atoms with Crippen molar-refractivity contribution in [2.75, 3.05) is 38.3 Å². The quantitative estimate of drug-likeness (QED) is 0.569. The summed E-state index contributed by atoms with van der Waals surface area (Å²) in [7, 11) is 1.69. The topological polar surface area (TPSA) is 71.5 Å². The van der Waals surface area contributed by atoms with Crippen molar-refractivity contribution in [3.05, 3.63) is 29.8 Å². The van der Waals surface area contributed by atoms with Crippen molar-refractivity contribution in [3.63, 3.8) is 0 Å². The number of esters is 1. The van der Waals surface area contributed by atoms with Crippen LogP contribution < -0.4 is 14.4 Å². The first-order valence-electron chi connectivity index (χ1n) is 11.8. The Morgan fingerprint density at radius 1 is 1.38 bits per heavy atom. The lowest BCUT2D eigenvalue weighted by Crippen LogP contribution is -2.69. The van der Waals surface area contributed by atoms with E-state index >= 15 is 0 Å². The van der Waals surface area contributed by atoms with E-state index in [1.165, 1.54) is 12.5 Å². The molecule has 1 aromatic carbocycles. The van der Waals surface area contributed by atoms with E-state index in [0.717, 1.165) is 36.7 Å². The normalized spacial score (nSPS) is 38.6. The minimum Gasteiger partial charge on any atom is -0.493 e. The maximum atomic E-state index is 11.7. The molecule has 2 fully saturated rings. The van der Waals surface area contributed by atoms with E-state index < -0.39 is 11.5 Å². The summed E-state index contributed by atoms with van der Waals surface area (Å²) in [5, 5.41) is 11.7. The van der Waals surface area contributed by atoms with Gasteiger partial charge in [0.05, 0.1) is 31.5 Å². The molecule has 6 atom stereocenters. The summed E-state index contributed by atoms with van der Waals surface area (Å²) in [5.41, 5.74) is 1.95. The first-order valence-corrected chi connectivity index (χ1v) is 11.8. The van der Waals surface area contributed by atoms with Crippen LogP contribution in [0.5, 0.6) is 11.5 Å². The van der Waals surface area contributed by atoms with Gasteiger partial charge in [0.25, 0.3) is 0 Å². The molecule has 4 heterocycles. The van der Waals surface area contributed by atoms with Crippen LogP contribution in [0, 0.1) is 5.41 Å². The third-order valence-corrected chi connectivity index (χ3v) is 8.80. The Morgan fingerprint density at radius 2 is 2.22 bits per heavy atom. The zero-order valence-corrected chi connectivity index (χ0v) is 19.0. The fourth-order valence-corrected chi connectivity index (χ4v) is 7.75. The van der Waals surface area contributed by atoms with E-state index in [0.29, 0.717) is 26.1 Å². The number of carbonyl (C=O) groups is 1. The summed E-state index contributed by atoms with van der Waals surface area (Å²) in [5.74, 6) is 1.35. The SMILES string of the molecule is COc1ccc2c3c1OCC(C)N3C1CC(O)C3(CCOC(C)=O)C=CCN4CCC21C43. The van der Waals surface area contributed by atoms with Gasteiger partial charge in [-0.3, -0.25) is 9.69 Å². The van der Waals surface area contributed by atoms with Crippen LogP contribution in [0.4, 0.5) is 5.69 Å². The molecule has 4 aliphatic heterocycles. The van der Waals surface area contributed by atoms with Gasteiger partial charge in [0.1, 0.15) is 6.61 Å². The summed E-state index contributed by atoms with van der Waals surface area (Å²) >= 11 is 0. The molecule has 1 aromatic rings. The largest absolute Gasteiger partial charge is 0.493 e. The second kappa shape index (κ2) is 6.87. The predicted molar refractivity (Wildman–Crippen MR) is 119 cm³/mol. The Labute approximate surface area is 188 Å². The molecule has 0 amide bonds. The van der Waals surface area contributed by atoms with Gasteiger partial charge in [-0.2, -0.15) is 0 Å². The molecule has 1 saturated carbocycles. The highest BCUT2D eigenvalue weighted by molar-refractivity contribution is 5.78. The van der Waals surface area contributed by atoms with Gasteiger partial charge in [-0.1, -0.05) is 18.2 Å². The number of methoxy groups -OCH3 is 1. The molecule has 172 valence electrons. The molecule has 5 aliphatic rings. The number of carbonyl (C=O) groups excluding carboxylic acids is 1. The second-order valence-electron chi connectivity index (χ2n) is 10.1. The number of aliphatic hydroxyl groups is 1. The maximum Gasteiger partial charge on any atom is 0.302 e. The lowest BCUT2D eigenvalue weighted by atomic mass is 9.52. The van der Waals surface area contributed by atoms with E-state index in [2.05, 4.69) is 34.9 Å². The van der Waals surface area contributed by atoms with Crippen molar-refractivity contribution < 1.29 is 24.1 Å². The van der Waals surface area contributed by atoms with Gasteiger partial charge in [-0.25, -0.2) is 0 Å². The standard InChI is InChI=1S/C25H32N2O5/c1-15-14-32-22-18(30-3)6-5-17-21(22)27(15)19-13-20(29)24(9-12-31-16(2)28)7-4-10-26-11-8-25(17,19)23(24)26/h4-7,15,19-20,23,29H,8-14H2,1-3H3. The molecule has 1 aliphatic carbocycles. The summed E-state index contributed by atoms with van der Waals surface area (Å²) < 4.78 is 17.3. The van der Waals surface area contributed by atoms with Crippen molar-refractivity contribution in [2.24, 2.45) is 5.41 Å². The van der Waals surface area contributed by atoms with Gasteiger partial charge >= 0.3 is 5.97 Å². The van der Waals surface area contributed by atoms with Crippen LogP contribution >= 0.6 is 0 Å². The monoisotopic (exact) mass is 440 g/mol. The van der Waals surface area contributed by atoms with Gasteiger partial charge < -0.3 is 24.2 Å². The van der Waals surface area contributed by atoms with Crippen molar-refractivity contribution in [1.82, 2.24) is 4.90 Å². The van der Waals surface area contributed by atoms with Gasteiger partial charge in [0.15, 0.2) is 11.5 Å².